The van der Waals surface area contributed by atoms with Crippen LogP contribution >= 0.6 is 12.4 Å². The van der Waals surface area contributed by atoms with Gasteiger partial charge in [-0.15, -0.1) is 12.4 Å². The molecule has 2 aromatic rings. The summed E-state index contributed by atoms with van der Waals surface area (Å²) in [6.45, 7) is 7.96. The molecule has 0 heterocycles. The molecule has 0 aliphatic carbocycles. The lowest BCUT2D eigenvalue weighted by atomic mass is 10.0. The first-order valence-corrected chi connectivity index (χ1v) is 8.77. The zero-order chi connectivity index (χ0) is 19.3. The van der Waals surface area contributed by atoms with E-state index in [0.717, 1.165) is 17.5 Å². The van der Waals surface area contributed by atoms with Gasteiger partial charge >= 0.3 is 0 Å². The van der Waals surface area contributed by atoms with Gasteiger partial charge in [-0.3, -0.25) is 9.59 Å². The summed E-state index contributed by atoms with van der Waals surface area (Å²) in [4.78, 5) is 24.6. The van der Waals surface area contributed by atoms with Gasteiger partial charge < -0.3 is 16.4 Å². The lowest BCUT2D eigenvalue weighted by molar-refractivity contribution is -0.117. The first-order valence-electron chi connectivity index (χ1n) is 8.77. The van der Waals surface area contributed by atoms with Gasteiger partial charge in [0.1, 0.15) is 6.04 Å². The molecule has 0 spiro atoms. The molecule has 146 valence electrons. The van der Waals surface area contributed by atoms with Gasteiger partial charge in [0.05, 0.1) is 0 Å². The number of hydrogen-bond donors (Lipinski definition) is 3. The van der Waals surface area contributed by atoms with Crippen molar-refractivity contribution in [3.63, 3.8) is 0 Å². The van der Waals surface area contributed by atoms with Crippen LogP contribution in [0.5, 0.6) is 0 Å². The van der Waals surface area contributed by atoms with E-state index < -0.39 is 6.04 Å². The van der Waals surface area contributed by atoms with Crippen LogP contribution in [-0.2, 0) is 4.79 Å². The number of halogens is 1. The molecule has 0 aliphatic rings. The van der Waals surface area contributed by atoms with Crippen LogP contribution in [0.15, 0.2) is 48.5 Å². The van der Waals surface area contributed by atoms with E-state index in [1.165, 1.54) is 0 Å². The summed E-state index contributed by atoms with van der Waals surface area (Å²) in [5.74, 6) is -0.427. The number of amides is 2. The van der Waals surface area contributed by atoms with Gasteiger partial charge in [0.25, 0.3) is 5.91 Å². The van der Waals surface area contributed by atoms with E-state index in [4.69, 9.17) is 5.73 Å². The topological polar surface area (TPSA) is 84.2 Å². The molecule has 5 nitrogen and oxygen atoms in total. The number of benzene rings is 2. The van der Waals surface area contributed by atoms with Crippen molar-refractivity contribution in [2.24, 2.45) is 5.73 Å². The number of rotatable bonds is 6. The van der Waals surface area contributed by atoms with E-state index in [1.54, 1.807) is 24.3 Å². The highest BCUT2D eigenvalue weighted by atomic mass is 35.5. The molecule has 6 heteroatoms. The maximum Gasteiger partial charge on any atom is 0.251 e. The Morgan fingerprint density at radius 2 is 1.59 bits per heavy atom. The molecule has 0 radical (unpaired) electrons. The number of anilines is 1. The molecule has 0 bridgehead atoms. The molecular formula is C21H28ClN3O2. The van der Waals surface area contributed by atoms with E-state index in [2.05, 4.69) is 10.6 Å². The molecule has 0 fully saturated rings. The standard InChI is InChI=1S/C21H27N3O2.ClH/c1-5-21(3,4)24-19(25)16-10-12-17(13-11-16)23-20(26)18(22)15-8-6-14(2)7-9-15;/h6-13,18H,5,22H2,1-4H3,(H,23,26)(H,24,25);1H. The van der Waals surface area contributed by atoms with Gasteiger partial charge in [-0.1, -0.05) is 36.8 Å². The fourth-order valence-corrected chi connectivity index (χ4v) is 2.32. The zero-order valence-corrected chi connectivity index (χ0v) is 17.0. The maximum absolute atomic E-state index is 12.3. The summed E-state index contributed by atoms with van der Waals surface area (Å²) >= 11 is 0. The van der Waals surface area contributed by atoms with E-state index in [1.807, 2.05) is 52.0 Å². The number of carbonyl (C=O) groups excluding carboxylic acids is 2. The van der Waals surface area contributed by atoms with Crippen LogP contribution in [0.2, 0.25) is 0 Å². The monoisotopic (exact) mass is 389 g/mol. The van der Waals surface area contributed by atoms with Crippen molar-refractivity contribution in [2.45, 2.75) is 45.7 Å². The molecule has 0 aromatic heterocycles. The summed E-state index contributed by atoms with van der Waals surface area (Å²) in [7, 11) is 0. The summed E-state index contributed by atoms with van der Waals surface area (Å²) in [5.41, 5.74) is 8.78. The summed E-state index contributed by atoms with van der Waals surface area (Å²) < 4.78 is 0. The predicted octanol–water partition coefficient (Wildman–Crippen LogP) is 3.97. The summed E-state index contributed by atoms with van der Waals surface area (Å²) in [5, 5.41) is 5.77. The van der Waals surface area contributed by atoms with Crippen molar-refractivity contribution >= 4 is 29.9 Å². The van der Waals surface area contributed by atoms with Crippen molar-refractivity contribution in [1.82, 2.24) is 5.32 Å². The number of carbonyl (C=O) groups is 2. The molecule has 0 saturated heterocycles. The highest BCUT2D eigenvalue weighted by Crippen LogP contribution is 2.16. The van der Waals surface area contributed by atoms with Gasteiger partial charge in [-0.25, -0.2) is 0 Å². The van der Waals surface area contributed by atoms with Crippen molar-refractivity contribution in [3.05, 3.63) is 65.2 Å². The first kappa shape index (κ1) is 22.7. The largest absolute Gasteiger partial charge is 0.347 e. The van der Waals surface area contributed by atoms with Crippen LogP contribution in [0.4, 0.5) is 5.69 Å². The summed E-state index contributed by atoms with van der Waals surface area (Å²) in [6.07, 6.45) is 0.837. The quantitative estimate of drug-likeness (QED) is 0.698. The highest BCUT2D eigenvalue weighted by Gasteiger charge is 2.19. The van der Waals surface area contributed by atoms with E-state index in [9.17, 15) is 9.59 Å². The molecule has 0 aliphatic heterocycles. The average Bonchev–Trinajstić information content (AvgIpc) is 2.62. The van der Waals surface area contributed by atoms with E-state index in [0.29, 0.717) is 11.3 Å². The Balaban J connectivity index is 0.00000364. The lowest BCUT2D eigenvalue weighted by Gasteiger charge is -2.24. The Bertz CT molecular complexity index is 771. The van der Waals surface area contributed by atoms with Crippen molar-refractivity contribution < 1.29 is 9.59 Å². The van der Waals surface area contributed by atoms with Crippen LogP contribution in [-0.4, -0.2) is 17.4 Å². The summed E-state index contributed by atoms with van der Waals surface area (Å²) in [6, 6.07) is 13.6. The molecule has 1 atom stereocenters. The van der Waals surface area contributed by atoms with Crippen LogP contribution in [0.3, 0.4) is 0 Å². The molecule has 1 unspecified atom stereocenters. The fourth-order valence-electron chi connectivity index (χ4n) is 2.32. The Kier molecular flexibility index (Phi) is 8.00. The Hall–Kier alpha value is -2.37. The third kappa shape index (κ3) is 6.38. The van der Waals surface area contributed by atoms with Gasteiger partial charge in [-0.2, -0.15) is 0 Å². The van der Waals surface area contributed by atoms with Crippen LogP contribution in [0.25, 0.3) is 0 Å². The smallest absolute Gasteiger partial charge is 0.251 e. The second kappa shape index (κ2) is 9.53. The Labute approximate surface area is 167 Å². The van der Waals surface area contributed by atoms with Crippen LogP contribution in [0, 0.1) is 6.92 Å². The van der Waals surface area contributed by atoms with Gasteiger partial charge in [0, 0.05) is 16.8 Å². The SMILES string of the molecule is CCC(C)(C)NC(=O)c1ccc(NC(=O)C(N)c2ccc(C)cc2)cc1.Cl. The second-order valence-corrected chi connectivity index (χ2v) is 7.15. The van der Waals surface area contributed by atoms with Crippen molar-refractivity contribution in [1.29, 1.82) is 0 Å². The molecule has 2 amide bonds. The minimum atomic E-state index is -0.746. The predicted molar refractivity (Wildman–Crippen MR) is 112 cm³/mol. The van der Waals surface area contributed by atoms with Gasteiger partial charge in [0.15, 0.2) is 0 Å². The normalized spacial score (nSPS) is 11.9. The van der Waals surface area contributed by atoms with Crippen LogP contribution < -0.4 is 16.4 Å². The number of nitrogens with two attached hydrogens (primary N) is 1. The average molecular weight is 390 g/mol. The Morgan fingerprint density at radius 3 is 2.11 bits per heavy atom. The number of aryl methyl sites for hydroxylation is 1. The van der Waals surface area contributed by atoms with Gasteiger partial charge in [-0.05, 0) is 57.0 Å². The van der Waals surface area contributed by atoms with Crippen LogP contribution in [0.1, 0.15) is 54.7 Å². The van der Waals surface area contributed by atoms with E-state index in [-0.39, 0.29) is 29.8 Å². The molecule has 4 N–H and O–H groups in total. The highest BCUT2D eigenvalue weighted by molar-refractivity contribution is 5.97. The van der Waals surface area contributed by atoms with E-state index >= 15 is 0 Å². The maximum atomic E-state index is 12.3. The van der Waals surface area contributed by atoms with Crippen molar-refractivity contribution in [2.75, 3.05) is 5.32 Å². The third-order valence-electron chi connectivity index (χ3n) is 4.47. The molecular weight excluding hydrogens is 362 g/mol. The first-order chi connectivity index (χ1) is 12.2. The zero-order valence-electron chi connectivity index (χ0n) is 16.2. The van der Waals surface area contributed by atoms with Gasteiger partial charge in [0.2, 0.25) is 5.91 Å². The minimum Gasteiger partial charge on any atom is -0.347 e. The minimum absolute atomic E-state index is 0. The molecule has 27 heavy (non-hydrogen) atoms. The molecule has 2 aromatic carbocycles. The number of hydrogen-bond acceptors (Lipinski definition) is 3. The third-order valence-corrected chi connectivity index (χ3v) is 4.47. The van der Waals surface area contributed by atoms with Crippen molar-refractivity contribution in [3.8, 4) is 0 Å². The fraction of sp³-hybridized carbons (Fsp3) is 0.333. The number of nitrogens with one attached hydrogen (secondary N) is 2. The molecule has 0 saturated carbocycles. The lowest BCUT2D eigenvalue weighted by Crippen LogP contribution is -2.42. The Morgan fingerprint density at radius 1 is 1.04 bits per heavy atom. The second-order valence-electron chi connectivity index (χ2n) is 7.15. The molecule has 2 rings (SSSR count).